The molecule has 0 aromatic heterocycles. The number of halogens is 1. The Labute approximate surface area is 130 Å². The fraction of sp³-hybridized carbons (Fsp3) is 0.333. The Balaban J connectivity index is 1.89. The molecular formula is C18H19ClO2. The van der Waals surface area contributed by atoms with E-state index in [-0.39, 0.29) is 0 Å². The van der Waals surface area contributed by atoms with E-state index < -0.39 is 5.60 Å². The summed E-state index contributed by atoms with van der Waals surface area (Å²) >= 11 is 5.91. The summed E-state index contributed by atoms with van der Waals surface area (Å²) in [4.78, 5) is 0. The third kappa shape index (κ3) is 3.22. The van der Waals surface area contributed by atoms with Crippen molar-refractivity contribution in [3.63, 3.8) is 0 Å². The zero-order valence-corrected chi connectivity index (χ0v) is 12.6. The molecular weight excluding hydrogens is 284 g/mol. The van der Waals surface area contributed by atoms with Crippen molar-refractivity contribution in [3.05, 3.63) is 65.7 Å². The van der Waals surface area contributed by atoms with E-state index in [1.807, 2.05) is 54.6 Å². The summed E-state index contributed by atoms with van der Waals surface area (Å²) in [6.07, 6.45) is 3.14. The van der Waals surface area contributed by atoms with Gasteiger partial charge in [0, 0.05) is 5.88 Å². The second kappa shape index (κ2) is 6.08. The minimum atomic E-state index is -1.05. The molecule has 1 fully saturated rings. The quantitative estimate of drug-likeness (QED) is 0.814. The molecule has 21 heavy (non-hydrogen) atoms. The Morgan fingerprint density at radius 1 is 1.00 bits per heavy atom. The van der Waals surface area contributed by atoms with E-state index in [0.717, 1.165) is 29.7 Å². The first-order valence-electron chi connectivity index (χ1n) is 7.33. The smallest absolute Gasteiger partial charge is 0.119 e. The molecule has 1 aliphatic carbocycles. The molecule has 1 saturated carbocycles. The molecule has 2 aromatic carbocycles. The van der Waals surface area contributed by atoms with Crippen LogP contribution < -0.4 is 4.74 Å². The van der Waals surface area contributed by atoms with Crippen molar-refractivity contribution in [2.75, 3.05) is 5.88 Å². The summed E-state index contributed by atoms with van der Waals surface area (Å²) in [6, 6.07) is 17.4. The topological polar surface area (TPSA) is 29.5 Å². The van der Waals surface area contributed by atoms with Crippen LogP contribution in [-0.2, 0) is 5.60 Å². The highest BCUT2D eigenvalue weighted by Gasteiger charge is 2.31. The first-order chi connectivity index (χ1) is 10.2. The molecule has 1 N–H and O–H groups in total. The van der Waals surface area contributed by atoms with Gasteiger partial charge in [-0.05, 0) is 42.5 Å². The maximum absolute atomic E-state index is 11.1. The van der Waals surface area contributed by atoms with Crippen molar-refractivity contribution in [3.8, 4) is 5.75 Å². The Kier molecular flexibility index (Phi) is 4.18. The zero-order valence-electron chi connectivity index (χ0n) is 11.8. The minimum Gasteiger partial charge on any atom is -0.490 e. The van der Waals surface area contributed by atoms with Crippen molar-refractivity contribution in [2.45, 2.75) is 31.0 Å². The molecule has 3 rings (SSSR count). The predicted octanol–water partition coefficient (Wildman–Crippen LogP) is 4.09. The fourth-order valence-corrected chi connectivity index (χ4v) is 2.77. The number of hydrogen-bond acceptors (Lipinski definition) is 2. The summed E-state index contributed by atoms with van der Waals surface area (Å²) in [7, 11) is 0. The molecule has 0 radical (unpaired) electrons. The van der Waals surface area contributed by atoms with Gasteiger partial charge in [-0.15, -0.1) is 11.6 Å². The van der Waals surface area contributed by atoms with Crippen LogP contribution in [0.2, 0.25) is 0 Å². The molecule has 0 amide bonds. The van der Waals surface area contributed by atoms with Gasteiger partial charge in [0.1, 0.15) is 11.4 Å². The first kappa shape index (κ1) is 14.4. The van der Waals surface area contributed by atoms with Crippen LogP contribution in [0.4, 0.5) is 0 Å². The highest BCUT2D eigenvalue weighted by Crippen LogP contribution is 2.35. The second-order valence-corrected chi connectivity index (χ2v) is 5.88. The summed E-state index contributed by atoms with van der Waals surface area (Å²) in [5.41, 5.74) is 0.653. The number of rotatable bonds is 6. The lowest BCUT2D eigenvalue weighted by molar-refractivity contribution is 0.0774. The number of benzene rings is 2. The van der Waals surface area contributed by atoms with Crippen LogP contribution in [0.1, 0.15) is 30.4 Å². The van der Waals surface area contributed by atoms with Gasteiger partial charge >= 0.3 is 0 Å². The van der Waals surface area contributed by atoms with E-state index in [1.54, 1.807) is 0 Å². The average Bonchev–Trinajstić information content (AvgIpc) is 3.33. The Morgan fingerprint density at radius 3 is 2.19 bits per heavy atom. The summed E-state index contributed by atoms with van der Waals surface area (Å²) in [5, 5.41) is 11.1. The normalized spacial score (nSPS) is 17.2. The van der Waals surface area contributed by atoms with Crippen LogP contribution >= 0.6 is 11.6 Å². The van der Waals surface area contributed by atoms with Gasteiger partial charge in [-0.2, -0.15) is 0 Å². The van der Waals surface area contributed by atoms with E-state index in [4.69, 9.17) is 16.3 Å². The van der Waals surface area contributed by atoms with Crippen molar-refractivity contribution >= 4 is 11.6 Å². The van der Waals surface area contributed by atoms with Crippen LogP contribution in [0.5, 0.6) is 5.75 Å². The Hall–Kier alpha value is -1.51. The van der Waals surface area contributed by atoms with Crippen LogP contribution in [0.25, 0.3) is 0 Å². The number of hydrogen-bond donors (Lipinski definition) is 1. The molecule has 0 bridgehead atoms. The van der Waals surface area contributed by atoms with Gasteiger partial charge in [-0.1, -0.05) is 42.5 Å². The standard InChI is InChI=1S/C18H19ClO2/c19-13-12-18(20,14-4-2-1-3-5-14)15-6-8-16(9-7-15)21-17-10-11-17/h1-9,17,20H,10-13H2. The van der Waals surface area contributed by atoms with Crippen LogP contribution in [0.3, 0.4) is 0 Å². The lowest BCUT2D eigenvalue weighted by Crippen LogP contribution is -2.27. The van der Waals surface area contributed by atoms with Crippen molar-refractivity contribution in [1.82, 2.24) is 0 Å². The summed E-state index contributed by atoms with van der Waals surface area (Å²) in [5.74, 6) is 1.26. The lowest BCUT2D eigenvalue weighted by Gasteiger charge is -2.29. The van der Waals surface area contributed by atoms with Gasteiger partial charge in [0.25, 0.3) is 0 Å². The van der Waals surface area contributed by atoms with E-state index in [2.05, 4.69) is 0 Å². The highest BCUT2D eigenvalue weighted by molar-refractivity contribution is 6.17. The maximum Gasteiger partial charge on any atom is 0.119 e. The molecule has 3 heteroatoms. The number of alkyl halides is 1. The van der Waals surface area contributed by atoms with Crippen LogP contribution in [0.15, 0.2) is 54.6 Å². The van der Waals surface area contributed by atoms with Gasteiger partial charge in [-0.25, -0.2) is 0 Å². The van der Waals surface area contributed by atoms with Crippen LogP contribution in [-0.4, -0.2) is 17.1 Å². The third-order valence-electron chi connectivity index (χ3n) is 3.87. The minimum absolute atomic E-state index is 0.381. The lowest BCUT2D eigenvalue weighted by atomic mass is 9.84. The molecule has 0 aliphatic heterocycles. The SMILES string of the molecule is OC(CCCl)(c1ccccc1)c1ccc(OC2CC2)cc1. The number of aliphatic hydroxyl groups is 1. The molecule has 0 saturated heterocycles. The number of ether oxygens (including phenoxy) is 1. The molecule has 1 atom stereocenters. The van der Waals surface area contributed by atoms with E-state index in [0.29, 0.717) is 18.4 Å². The average molecular weight is 303 g/mol. The fourth-order valence-electron chi connectivity index (χ4n) is 2.49. The van der Waals surface area contributed by atoms with E-state index in [1.165, 1.54) is 0 Å². The summed E-state index contributed by atoms with van der Waals surface area (Å²) < 4.78 is 5.75. The molecule has 110 valence electrons. The van der Waals surface area contributed by atoms with Gasteiger partial charge in [0.05, 0.1) is 6.10 Å². The highest BCUT2D eigenvalue weighted by atomic mass is 35.5. The largest absolute Gasteiger partial charge is 0.490 e. The van der Waals surface area contributed by atoms with Crippen molar-refractivity contribution < 1.29 is 9.84 Å². The zero-order chi connectivity index (χ0) is 14.7. The molecule has 1 aliphatic rings. The van der Waals surface area contributed by atoms with Crippen LogP contribution in [0, 0.1) is 0 Å². The molecule has 0 spiro atoms. The van der Waals surface area contributed by atoms with E-state index in [9.17, 15) is 5.11 Å². The molecule has 0 heterocycles. The Morgan fingerprint density at radius 2 is 1.62 bits per heavy atom. The molecule has 2 nitrogen and oxygen atoms in total. The van der Waals surface area contributed by atoms with Gasteiger partial charge in [0.15, 0.2) is 0 Å². The second-order valence-electron chi connectivity index (χ2n) is 5.51. The van der Waals surface area contributed by atoms with Crippen molar-refractivity contribution in [2.24, 2.45) is 0 Å². The monoisotopic (exact) mass is 302 g/mol. The maximum atomic E-state index is 11.1. The Bertz CT molecular complexity index is 578. The first-order valence-corrected chi connectivity index (χ1v) is 7.87. The summed E-state index contributed by atoms with van der Waals surface area (Å²) in [6.45, 7) is 0. The molecule has 2 aromatic rings. The van der Waals surface area contributed by atoms with Gasteiger partial charge < -0.3 is 9.84 Å². The third-order valence-corrected chi connectivity index (χ3v) is 4.06. The van der Waals surface area contributed by atoms with Crippen molar-refractivity contribution in [1.29, 1.82) is 0 Å². The van der Waals surface area contributed by atoms with Gasteiger partial charge in [-0.3, -0.25) is 0 Å². The van der Waals surface area contributed by atoms with Gasteiger partial charge in [0.2, 0.25) is 0 Å². The predicted molar refractivity (Wildman–Crippen MR) is 84.9 cm³/mol. The van der Waals surface area contributed by atoms with E-state index >= 15 is 0 Å². The molecule has 1 unspecified atom stereocenters.